The summed E-state index contributed by atoms with van der Waals surface area (Å²) >= 11 is 0. The summed E-state index contributed by atoms with van der Waals surface area (Å²) in [7, 11) is 2.15. The van der Waals surface area contributed by atoms with Crippen molar-refractivity contribution >= 4 is 0 Å². The Labute approximate surface area is 90.8 Å². The normalized spacial score (nSPS) is 21.9. The number of hydrogen-bond donors (Lipinski definition) is 1. The Hall–Kier alpha value is -1.12. The van der Waals surface area contributed by atoms with Crippen LogP contribution in [0.2, 0.25) is 0 Å². The van der Waals surface area contributed by atoms with Crippen LogP contribution in [0.1, 0.15) is 23.6 Å². The van der Waals surface area contributed by atoms with Crippen LogP contribution in [0.3, 0.4) is 0 Å². The van der Waals surface area contributed by atoms with Crippen molar-refractivity contribution in [2.45, 2.75) is 19.1 Å². The lowest BCUT2D eigenvalue weighted by Crippen LogP contribution is -2.26. The summed E-state index contributed by atoms with van der Waals surface area (Å²) < 4.78 is 0. The fraction of sp³-hybridized carbons (Fsp3) is 0.385. The van der Waals surface area contributed by atoms with Gasteiger partial charge in [0, 0.05) is 6.54 Å². The van der Waals surface area contributed by atoms with Gasteiger partial charge in [0.2, 0.25) is 0 Å². The number of nitrogens with zero attached hydrogens (tertiary/aromatic N) is 1. The first-order chi connectivity index (χ1) is 7.31. The van der Waals surface area contributed by atoms with E-state index in [0.717, 1.165) is 18.5 Å². The third-order valence-corrected chi connectivity index (χ3v) is 2.95. The van der Waals surface area contributed by atoms with Gasteiger partial charge in [0.05, 0.1) is 12.6 Å². The topological polar surface area (TPSA) is 23.5 Å². The van der Waals surface area contributed by atoms with Crippen molar-refractivity contribution in [2.24, 2.45) is 0 Å². The van der Waals surface area contributed by atoms with E-state index >= 15 is 0 Å². The molecule has 1 atom stereocenters. The average Bonchev–Trinajstić information content (AvgIpc) is 2.30. The van der Waals surface area contributed by atoms with Crippen molar-refractivity contribution in [2.75, 3.05) is 13.6 Å². The van der Waals surface area contributed by atoms with Crippen LogP contribution < -0.4 is 0 Å². The fourth-order valence-corrected chi connectivity index (χ4v) is 1.98. The lowest BCUT2D eigenvalue weighted by Gasteiger charge is -2.28. The van der Waals surface area contributed by atoms with Crippen LogP contribution in [0.15, 0.2) is 36.4 Å². The zero-order valence-electron chi connectivity index (χ0n) is 9.06. The van der Waals surface area contributed by atoms with Gasteiger partial charge in [-0.1, -0.05) is 36.4 Å². The highest BCUT2D eigenvalue weighted by Gasteiger charge is 2.15. The van der Waals surface area contributed by atoms with Crippen LogP contribution in [0.25, 0.3) is 0 Å². The molecule has 2 heteroatoms. The molecule has 0 amide bonds. The van der Waals surface area contributed by atoms with Gasteiger partial charge < -0.3 is 5.11 Å². The Morgan fingerprint density at radius 3 is 2.67 bits per heavy atom. The first-order valence-electron chi connectivity index (χ1n) is 5.38. The number of aliphatic hydroxyl groups is 1. The number of aliphatic hydroxyl groups excluding tert-OH is 1. The Bertz CT molecular complexity index is 342. The second kappa shape index (κ2) is 4.60. The molecular weight excluding hydrogens is 186 g/mol. The molecule has 15 heavy (non-hydrogen) atoms. The summed E-state index contributed by atoms with van der Waals surface area (Å²) in [5.41, 5.74) is 2.27. The van der Waals surface area contributed by atoms with Gasteiger partial charge in [0.25, 0.3) is 0 Å². The van der Waals surface area contributed by atoms with E-state index in [0.29, 0.717) is 6.04 Å². The summed E-state index contributed by atoms with van der Waals surface area (Å²) in [6.07, 6.45) is 5.63. The van der Waals surface area contributed by atoms with Crippen LogP contribution in [0.4, 0.5) is 0 Å². The van der Waals surface area contributed by atoms with E-state index in [1.165, 1.54) is 5.56 Å². The monoisotopic (exact) mass is 203 g/mol. The van der Waals surface area contributed by atoms with E-state index in [1.54, 1.807) is 0 Å². The third kappa shape index (κ3) is 2.28. The van der Waals surface area contributed by atoms with E-state index in [1.807, 2.05) is 12.1 Å². The molecule has 0 saturated heterocycles. The zero-order chi connectivity index (χ0) is 10.7. The molecule has 2 nitrogen and oxygen atoms in total. The number of likely N-dealkylation sites (N-methyl/N-ethyl adjacent to an activating group) is 1. The molecule has 1 aliphatic heterocycles. The summed E-state index contributed by atoms with van der Waals surface area (Å²) in [4.78, 5) is 2.34. The second-order valence-corrected chi connectivity index (χ2v) is 4.04. The van der Waals surface area contributed by atoms with Gasteiger partial charge in [-0.2, -0.15) is 0 Å². The maximum absolute atomic E-state index is 8.97. The molecule has 1 aromatic carbocycles. The molecule has 2 rings (SSSR count). The van der Waals surface area contributed by atoms with Crippen LogP contribution in [-0.2, 0) is 6.61 Å². The van der Waals surface area contributed by atoms with E-state index in [9.17, 15) is 0 Å². The fourth-order valence-electron chi connectivity index (χ4n) is 1.98. The van der Waals surface area contributed by atoms with Crippen molar-refractivity contribution in [3.63, 3.8) is 0 Å². The van der Waals surface area contributed by atoms with E-state index in [4.69, 9.17) is 5.11 Å². The summed E-state index contributed by atoms with van der Waals surface area (Å²) in [6.45, 7) is 1.24. The van der Waals surface area contributed by atoms with E-state index in [2.05, 4.69) is 36.2 Å². The standard InChI is InChI=1S/C13H17NO/c1-14-9-3-2-4-13(14)12-7-5-11(10-15)6-8-12/h2,4-8,13,15H,3,9-10H2,1H3. The maximum atomic E-state index is 8.97. The second-order valence-electron chi connectivity index (χ2n) is 4.04. The molecule has 0 aromatic heterocycles. The molecule has 1 N–H and O–H groups in total. The van der Waals surface area contributed by atoms with Gasteiger partial charge in [-0.25, -0.2) is 0 Å². The number of hydrogen-bond acceptors (Lipinski definition) is 2. The first-order valence-corrected chi connectivity index (χ1v) is 5.38. The van der Waals surface area contributed by atoms with Crippen LogP contribution in [0, 0.1) is 0 Å². The minimum Gasteiger partial charge on any atom is -0.392 e. The molecule has 1 aromatic rings. The highest BCUT2D eigenvalue weighted by atomic mass is 16.3. The highest BCUT2D eigenvalue weighted by molar-refractivity contribution is 5.28. The summed E-state index contributed by atoms with van der Waals surface area (Å²) in [5.74, 6) is 0. The minimum atomic E-state index is 0.122. The molecule has 1 heterocycles. The predicted octanol–water partition coefficient (Wildman–Crippen LogP) is 2.11. The smallest absolute Gasteiger partial charge is 0.0681 e. The molecule has 0 aliphatic carbocycles. The Balaban J connectivity index is 2.21. The molecule has 0 bridgehead atoms. The van der Waals surface area contributed by atoms with Crippen LogP contribution in [-0.4, -0.2) is 23.6 Å². The highest BCUT2D eigenvalue weighted by Crippen LogP contribution is 2.24. The lowest BCUT2D eigenvalue weighted by molar-refractivity contribution is 0.277. The van der Waals surface area contributed by atoms with Crippen molar-refractivity contribution in [3.05, 3.63) is 47.5 Å². The van der Waals surface area contributed by atoms with E-state index in [-0.39, 0.29) is 6.61 Å². The molecule has 1 aliphatic rings. The Morgan fingerprint density at radius 2 is 2.07 bits per heavy atom. The quantitative estimate of drug-likeness (QED) is 0.744. The molecule has 1 unspecified atom stereocenters. The maximum Gasteiger partial charge on any atom is 0.0681 e. The van der Waals surface area contributed by atoms with Crippen molar-refractivity contribution in [3.8, 4) is 0 Å². The van der Waals surface area contributed by atoms with Gasteiger partial charge in [-0.3, -0.25) is 4.90 Å². The largest absolute Gasteiger partial charge is 0.392 e. The summed E-state index contributed by atoms with van der Waals surface area (Å²) in [6, 6.07) is 8.58. The molecule has 0 radical (unpaired) electrons. The molecule has 0 fully saturated rings. The Kier molecular flexibility index (Phi) is 3.19. The predicted molar refractivity (Wildman–Crippen MR) is 61.5 cm³/mol. The Morgan fingerprint density at radius 1 is 1.33 bits per heavy atom. The molecule has 0 saturated carbocycles. The van der Waals surface area contributed by atoms with Crippen molar-refractivity contribution in [1.82, 2.24) is 4.90 Å². The third-order valence-electron chi connectivity index (χ3n) is 2.95. The SMILES string of the molecule is CN1CCC=CC1c1ccc(CO)cc1. The van der Waals surface area contributed by atoms with Crippen molar-refractivity contribution in [1.29, 1.82) is 0 Å². The van der Waals surface area contributed by atoms with E-state index < -0.39 is 0 Å². The van der Waals surface area contributed by atoms with Gasteiger partial charge in [-0.05, 0) is 24.6 Å². The molecule has 80 valence electrons. The van der Waals surface area contributed by atoms with Gasteiger partial charge in [0.15, 0.2) is 0 Å². The lowest BCUT2D eigenvalue weighted by atomic mass is 10.0. The van der Waals surface area contributed by atoms with Crippen molar-refractivity contribution < 1.29 is 5.11 Å². The van der Waals surface area contributed by atoms with Gasteiger partial charge in [-0.15, -0.1) is 0 Å². The first kappa shape index (κ1) is 10.4. The van der Waals surface area contributed by atoms with Gasteiger partial charge >= 0.3 is 0 Å². The van der Waals surface area contributed by atoms with Gasteiger partial charge in [0.1, 0.15) is 0 Å². The zero-order valence-corrected chi connectivity index (χ0v) is 9.06. The van der Waals surface area contributed by atoms with Crippen LogP contribution >= 0.6 is 0 Å². The average molecular weight is 203 g/mol. The molecular formula is C13H17NO. The van der Waals surface area contributed by atoms with Crippen LogP contribution in [0.5, 0.6) is 0 Å². The summed E-state index contributed by atoms with van der Waals surface area (Å²) in [5, 5.41) is 8.97. The number of benzene rings is 1. The molecule has 0 spiro atoms. The minimum absolute atomic E-state index is 0.122. The number of rotatable bonds is 2.